The SMILES string of the molecule is COCCn1/c(=N/S(=O)(=O)c2ccc(Cl)cc2)sc2cc(C)c(C)cc21. The number of sulfonamides is 1. The molecular formula is C18H19ClN2O3S2. The quantitative estimate of drug-likeness (QED) is 0.640. The molecular weight excluding hydrogens is 392 g/mol. The van der Waals surface area contributed by atoms with Crippen molar-refractivity contribution in [3.8, 4) is 0 Å². The Balaban J connectivity index is 2.22. The molecule has 0 atom stereocenters. The lowest BCUT2D eigenvalue weighted by molar-refractivity contribution is 0.187. The first kappa shape index (κ1) is 19.1. The van der Waals surface area contributed by atoms with Crippen LogP contribution in [0.5, 0.6) is 0 Å². The summed E-state index contributed by atoms with van der Waals surface area (Å²) in [6, 6.07) is 10.1. The second kappa shape index (κ2) is 7.52. The molecule has 0 saturated heterocycles. The molecule has 0 N–H and O–H groups in total. The van der Waals surface area contributed by atoms with Gasteiger partial charge in [0.15, 0.2) is 0 Å². The molecule has 0 fully saturated rings. The van der Waals surface area contributed by atoms with E-state index in [0.29, 0.717) is 23.0 Å². The van der Waals surface area contributed by atoms with Gasteiger partial charge in [-0.25, -0.2) is 0 Å². The maximum atomic E-state index is 12.7. The van der Waals surface area contributed by atoms with E-state index in [2.05, 4.69) is 16.5 Å². The first-order valence-corrected chi connectivity index (χ1v) is 10.6. The van der Waals surface area contributed by atoms with E-state index in [9.17, 15) is 8.42 Å². The van der Waals surface area contributed by atoms with Crippen LogP contribution in [0.2, 0.25) is 5.02 Å². The van der Waals surface area contributed by atoms with Crippen LogP contribution in [-0.4, -0.2) is 26.7 Å². The second-order valence-electron chi connectivity index (χ2n) is 5.95. The maximum Gasteiger partial charge on any atom is 0.285 e. The van der Waals surface area contributed by atoms with E-state index in [4.69, 9.17) is 16.3 Å². The van der Waals surface area contributed by atoms with E-state index < -0.39 is 10.0 Å². The van der Waals surface area contributed by atoms with E-state index in [0.717, 1.165) is 21.3 Å². The third kappa shape index (κ3) is 3.86. The lowest BCUT2D eigenvalue weighted by Crippen LogP contribution is -2.19. The van der Waals surface area contributed by atoms with Crippen molar-refractivity contribution in [3.63, 3.8) is 0 Å². The van der Waals surface area contributed by atoms with Gasteiger partial charge in [-0.15, -0.1) is 4.40 Å². The first-order valence-electron chi connectivity index (χ1n) is 7.98. The topological polar surface area (TPSA) is 60.7 Å². The number of hydrogen-bond acceptors (Lipinski definition) is 4. The van der Waals surface area contributed by atoms with Crippen LogP contribution in [0.15, 0.2) is 45.7 Å². The van der Waals surface area contributed by atoms with Gasteiger partial charge in [0, 0.05) is 18.7 Å². The van der Waals surface area contributed by atoms with Crippen LogP contribution in [0, 0.1) is 13.8 Å². The highest BCUT2D eigenvalue weighted by atomic mass is 35.5. The monoisotopic (exact) mass is 410 g/mol. The molecule has 8 heteroatoms. The van der Waals surface area contributed by atoms with Crippen molar-refractivity contribution in [3.05, 3.63) is 57.3 Å². The molecule has 0 bridgehead atoms. The summed E-state index contributed by atoms with van der Waals surface area (Å²) in [6.07, 6.45) is 0. The number of ether oxygens (including phenoxy) is 1. The molecule has 26 heavy (non-hydrogen) atoms. The summed E-state index contributed by atoms with van der Waals surface area (Å²) in [7, 11) is -2.21. The number of nitrogens with zero attached hydrogens (tertiary/aromatic N) is 2. The standard InChI is InChI=1S/C18H19ClN2O3S2/c1-12-10-16-17(11-13(12)2)25-18(21(16)8-9-24-3)20-26(22,23)15-6-4-14(19)5-7-15/h4-7,10-11H,8-9H2,1-3H3/b20-18-. The lowest BCUT2D eigenvalue weighted by atomic mass is 10.1. The molecule has 138 valence electrons. The van der Waals surface area contributed by atoms with E-state index in [1.54, 1.807) is 19.2 Å². The maximum absolute atomic E-state index is 12.7. The van der Waals surface area contributed by atoms with Gasteiger partial charge < -0.3 is 9.30 Å². The Morgan fingerprint density at radius 2 is 1.81 bits per heavy atom. The molecule has 0 aliphatic rings. The highest BCUT2D eigenvalue weighted by Crippen LogP contribution is 2.23. The average molecular weight is 411 g/mol. The van der Waals surface area contributed by atoms with Gasteiger partial charge in [-0.2, -0.15) is 8.42 Å². The number of rotatable bonds is 5. The van der Waals surface area contributed by atoms with Crippen LogP contribution < -0.4 is 4.80 Å². The minimum Gasteiger partial charge on any atom is -0.383 e. The minimum atomic E-state index is -3.83. The fourth-order valence-corrected chi connectivity index (χ4v) is 5.02. The van der Waals surface area contributed by atoms with E-state index in [-0.39, 0.29) is 4.90 Å². The third-order valence-corrected chi connectivity index (χ3v) is 6.82. The largest absolute Gasteiger partial charge is 0.383 e. The Kier molecular flexibility index (Phi) is 5.53. The molecule has 1 aromatic heterocycles. The summed E-state index contributed by atoms with van der Waals surface area (Å²) < 4.78 is 37.6. The molecule has 0 radical (unpaired) electrons. The highest BCUT2D eigenvalue weighted by Gasteiger charge is 2.15. The Labute approximate surface area is 161 Å². The molecule has 3 aromatic rings. The van der Waals surface area contributed by atoms with Gasteiger partial charge in [0.25, 0.3) is 10.0 Å². The molecule has 0 aliphatic heterocycles. The van der Waals surface area contributed by atoms with Crippen molar-refractivity contribution in [1.29, 1.82) is 0 Å². The minimum absolute atomic E-state index is 0.116. The first-order chi connectivity index (χ1) is 12.3. The molecule has 0 saturated carbocycles. The molecule has 3 rings (SSSR count). The van der Waals surface area contributed by atoms with Crippen molar-refractivity contribution in [2.75, 3.05) is 13.7 Å². The van der Waals surface area contributed by atoms with Crippen molar-refractivity contribution in [2.24, 2.45) is 4.40 Å². The summed E-state index contributed by atoms with van der Waals surface area (Å²) in [6.45, 7) is 5.06. The predicted octanol–water partition coefficient (Wildman–Crippen LogP) is 3.91. The number of halogens is 1. The fourth-order valence-electron chi connectivity index (χ4n) is 2.55. The summed E-state index contributed by atoms with van der Waals surface area (Å²) >= 11 is 7.20. The van der Waals surface area contributed by atoms with Crippen LogP contribution in [-0.2, 0) is 21.3 Å². The van der Waals surface area contributed by atoms with Crippen LogP contribution in [0.4, 0.5) is 0 Å². The average Bonchev–Trinajstić information content (AvgIpc) is 2.89. The Morgan fingerprint density at radius 3 is 2.46 bits per heavy atom. The molecule has 2 aromatic carbocycles. The van der Waals surface area contributed by atoms with Crippen LogP contribution in [0.25, 0.3) is 10.2 Å². The number of fused-ring (bicyclic) bond motifs is 1. The zero-order valence-corrected chi connectivity index (χ0v) is 17.1. The number of thiazole rings is 1. The number of methoxy groups -OCH3 is 1. The molecule has 0 unspecified atom stereocenters. The second-order valence-corrected chi connectivity index (χ2v) is 9.00. The summed E-state index contributed by atoms with van der Waals surface area (Å²) in [5, 5.41) is 0.479. The Morgan fingerprint density at radius 1 is 1.15 bits per heavy atom. The summed E-state index contributed by atoms with van der Waals surface area (Å²) in [5.41, 5.74) is 3.26. The van der Waals surface area contributed by atoms with Crippen molar-refractivity contribution in [1.82, 2.24) is 4.57 Å². The molecule has 5 nitrogen and oxygen atoms in total. The van der Waals surface area contributed by atoms with Gasteiger partial charge in [-0.1, -0.05) is 22.9 Å². The molecule has 0 amide bonds. The zero-order valence-electron chi connectivity index (χ0n) is 14.7. The fraction of sp³-hybridized carbons (Fsp3) is 0.278. The van der Waals surface area contributed by atoms with Crippen molar-refractivity contribution < 1.29 is 13.2 Å². The van der Waals surface area contributed by atoms with E-state index >= 15 is 0 Å². The van der Waals surface area contributed by atoms with Gasteiger partial charge in [0.05, 0.1) is 21.7 Å². The van der Waals surface area contributed by atoms with Gasteiger partial charge in [-0.05, 0) is 61.4 Å². The number of benzene rings is 2. The van der Waals surface area contributed by atoms with Gasteiger partial charge in [0.1, 0.15) is 0 Å². The lowest BCUT2D eigenvalue weighted by Gasteiger charge is -2.06. The van der Waals surface area contributed by atoms with Gasteiger partial charge in [0.2, 0.25) is 4.80 Å². The molecule has 1 heterocycles. The Bertz CT molecular complexity index is 1110. The summed E-state index contributed by atoms with van der Waals surface area (Å²) in [4.78, 5) is 0.544. The van der Waals surface area contributed by atoms with Crippen molar-refractivity contribution >= 4 is 43.2 Å². The zero-order chi connectivity index (χ0) is 18.9. The van der Waals surface area contributed by atoms with Crippen LogP contribution in [0.1, 0.15) is 11.1 Å². The number of aromatic nitrogens is 1. The Hall–Kier alpha value is -1.67. The molecule has 0 spiro atoms. The van der Waals surface area contributed by atoms with Crippen molar-refractivity contribution in [2.45, 2.75) is 25.3 Å². The van der Waals surface area contributed by atoms with E-state index in [1.807, 2.05) is 18.4 Å². The number of aryl methyl sites for hydroxylation is 2. The highest BCUT2D eigenvalue weighted by molar-refractivity contribution is 7.90. The van der Waals surface area contributed by atoms with Crippen LogP contribution >= 0.6 is 22.9 Å². The molecule has 0 aliphatic carbocycles. The van der Waals surface area contributed by atoms with Crippen LogP contribution in [0.3, 0.4) is 0 Å². The normalized spacial score (nSPS) is 12.8. The van der Waals surface area contributed by atoms with Gasteiger partial charge in [-0.3, -0.25) is 0 Å². The smallest absolute Gasteiger partial charge is 0.285 e. The van der Waals surface area contributed by atoms with Gasteiger partial charge >= 0.3 is 0 Å². The van der Waals surface area contributed by atoms with E-state index in [1.165, 1.54) is 23.5 Å². The predicted molar refractivity (Wildman–Crippen MR) is 105 cm³/mol. The number of hydrogen-bond donors (Lipinski definition) is 0. The third-order valence-electron chi connectivity index (χ3n) is 4.13. The summed E-state index contributed by atoms with van der Waals surface area (Å²) in [5.74, 6) is 0.